The van der Waals surface area contributed by atoms with Gasteiger partial charge in [-0.1, -0.05) is 35.7 Å². The SMILES string of the molecule is Cc1nc(SCc2ccc(C#CCO)cc2)n[nH]1. The summed E-state index contributed by atoms with van der Waals surface area (Å²) < 4.78 is 0. The van der Waals surface area contributed by atoms with Gasteiger partial charge in [-0.2, -0.15) is 0 Å². The van der Waals surface area contributed by atoms with Crippen molar-refractivity contribution in [1.29, 1.82) is 0 Å². The van der Waals surface area contributed by atoms with Crippen LogP contribution in [-0.4, -0.2) is 26.9 Å². The predicted octanol–water partition coefficient (Wildman–Crippen LogP) is 1.75. The van der Waals surface area contributed by atoms with E-state index in [4.69, 9.17) is 5.11 Å². The number of H-pyrrole nitrogens is 1. The Kier molecular flexibility index (Phi) is 4.40. The van der Waals surface area contributed by atoms with E-state index in [0.29, 0.717) is 0 Å². The second-order valence-corrected chi connectivity index (χ2v) is 4.59. The van der Waals surface area contributed by atoms with Crippen LogP contribution < -0.4 is 0 Å². The van der Waals surface area contributed by atoms with Gasteiger partial charge in [0.25, 0.3) is 0 Å². The summed E-state index contributed by atoms with van der Waals surface area (Å²) in [5.74, 6) is 7.13. The van der Waals surface area contributed by atoms with Gasteiger partial charge < -0.3 is 5.11 Å². The molecule has 0 spiro atoms. The van der Waals surface area contributed by atoms with Gasteiger partial charge >= 0.3 is 0 Å². The summed E-state index contributed by atoms with van der Waals surface area (Å²) in [4.78, 5) is 4.23. The Morgan fingerprint density at radius 2 is 2.11 bits per heavy atom. The molecule has 0 saturated heterocycles. The molecular formula is C13H13N3OS. The maximum Gasteiger partial charge on any atom is 0.208 e. The Hall–Kier alpha value is -1.77. The number of aliphatic hydroxyl groups excluding tert-OH is 1. The van der Waals surface area contributed by atoms with Crippen molar-refractivity contribution in [2.75, 3.05) is 6.61 Å². The van der Waals surface area contributed by atoms with Gasteiger partial charge in [0.1, 0.15) is 12.4 Å². The average Bonchev–Trinajstić information content (AvgIpc) is 2.81. The normalized spacial score (nSPS) is 9.89. The Balaban J connectivity index is 1.94. The highest BCUT2D eigenvalue weighted by molar-refractivity contribution is 7.98. The zero-order chi connectivity index (χ0) is 12.8. The summed E-state index contributed by atoms with van der Waals surface area (Å²) >= 11 is 1.59. The van der Waals surface area contributed by atoms with Gasteiger partial charge in [-0.05, 0) is 24.6 Å². The average molecular weight is 259 g/mol. The minimum atomic E-state index is -0.109. The van der Waals surface area contributed by atoms with Crippen LogP contribution in [0.5, 0.6) is 0 Å². The van der Waals surface area contributed by atoms with Gasteiger partial charge in [0.05, 0.1) is 0 Å². The van der Waals surface area contributed by atoms with Gasteiger partial charge in [0.15, 0.2) is 0 Å². The molecule has 0 aliphatic rings. The van der Waals surface area contributed by atoms with E-state index >= 15 is 0 Å². The first kappa shape index (κ1) is 12.7. The minimum Gasteiger partial charge on any atom is -0.384 e. The highest BCUT2D eigenvalue weighted by Crippen LogP contribution is 2.18. The third-order valence-electron chi connectivity index (χ3n) is 2.21. The smallest absolute Gasteiger partial charge is 0.208 e. The number of aryl methyl sites for hydroxylation is 1. The third-order valence-corrected chi connectivity index (χ3v) is 3.13. The zero-order valence-electron chi connectivity index (χ0n) is 9.97. The molecule has 0 unspecified atom stereocenters. The van der Waals surface area contributed by atoms with Crippen molar-refractivity contribution < 1.29 is 5.11 Å². The summed E-state index contributed by atoms with van der Waals surface area (Å²) in [5.41, 5.74) is 2.10. The highest BCUT2D eigenvalue weighted by Gasteiger charge is 2.01. The Labute approximate surface area is 110 Å². The van der Waals surface area contributed by atoms with E-state index in [2.05, 4.69) is 27.0 Å². The molecule has 0 saturated carbocycles. The van der Waals surface area contributed by atoms with Gasteiger partial charge in [-0.15, -0.1) is 5.10 Å². The van der Waals surface area contributed by atoms with Gasteiger partial charge in [0, 0.05) is 11.3 Å². The zero-order valence-corrected chi connectivity index (χ0v) is 10.8. The van der Waals surface area contributed by atoms with E-state index in [1.165, 1.54) is 5.56 Å². The van der Waals surface area contributed by atoms with Crippen molar-refractivity contribution in [3.05, 3.63) is 41.2 Å². The molecule has 2 N–H and O–H groups in total. The van der Waals surface area contributed by atoms with Crippen LogP contribution in [-0.2, 0) is 5.75 Å². The van der Waals surface area contributed by atoms with Gasteiger partial charge in [0.2, 0.25) is 5.16 Å². The lowest BCUT2D eigenvalue weighted by Crippen LogP contribution is -1.83. The van der Waals surface area contributed by atoms with E-state index < -0.39 is 0 Å². The molecule has 2 aromatic rings. The topological polar surface area (TPSA) is 61.8 Å². The van der Waals surface area contributed by atoms with Crippen LogP contribution in [0.4, 0.5) is 0 Å². The van der Waals surface area contributed by atoms with E-state index in [1.807, 2.05) is 31.2 Å². The maximum absolute atomic E-state index is 8.60. The molecule has 18 heavy (non-hydrogen) atoms. The number of hydrogen-bond donors (Lipinski definition) is 2. The molecule has 0 radical (unpaired) electrons. The Morgan fingerprint density at radius 1 is 1.33 bits per heavy atom. The first-order valence-electron chi connectivity index (χ1n) is 5.48. The largest absolute Gasteiger partial charge is 0.384 e. The van der Waals surface area contributed by atoms with Gasteiger partial charge in [-0.25, -0.2) is 4.98 Å². The summed E-state index contributed by atoms with van der Waals surface area (Å²) in [5, 5.41) is 16.2. The number of nitrogens with one attached hydrogen (secondary N) is 1. The fourth-order valence-electron chi connectivity index (χ4n) is 1.36. The number of rotatable bonds is 3. The fraction of sp³-hybridized carbons (Fsp3) is 0.231. The predicted molar refractivity (Wildman–Crippen MR) is 71.1 cm³/mol. The van der Waals surface area contributed by atoms with Crippen LogP contribution in [0.15, 0.2) is 29.4 Å². The van der Waals surface area contributed by atoms with Crippen LogP contribution in [0, 0.1) is 18.8 Å². The summed E-state index contributed by atoms with van der Waals surface area (Å²) in [6.45, 7) is 1.77. The summed E-state index contributed by atoms with van der Waals surface area (Å²) in [6, 6.07) is 7.94. The standard InChI is InChI=1S/C13H13N3OS/c1-10-14-13(16-15-10)18-9-12-6-4-11(5-7-12)3-2-8-17/h4-7,17H,8-9H2,1H3,(H,14,15,16). The van der Waals surface area contributed by atoms with Crippen molar-refractivity contribution >= 4 is 11.8 Å². The molecule has 1 heterocycles. The number of aliphatic hydroxyl groups is 1. The molecule has 1 aromatic heterocycles. The van der Waals surface area contributed by atoms with E-state index in [0.717, 1.165) is 22.3 Å². The number of thioether (sulfide) groups is 1. The maximum atomic E-state index is 8.60. The molecule has 1 aromatic carbocycles. The molecule has 4 nitrogen and oxygen atoms in total. The lowest BCUT2D eigenvalue weighted by Gasteiger charge is -1.98. The molecule has 0 amide bonds. The van der Waals surface area contributed by atoms with E-state index in [1.54, 1.807) is 11.8 Å². The van der Waals surface area contributed by atoms with Crippen LogP contribution >= 0.6 is 11.8 Å². The van der Waals surface area contributed by atoms with Crippen molar-refractivity contribution in [2.24, 2.45) is 0 Å². The van der Waals surface area contributed by atoms with Crippen molar-refractivity contribution in [3.8, 4) is 11.8 Å². The Bertz CT molecular complexity index is 566. The first-order valence-corrected chi connectivity index (χ1v) is 6.47. The van der Waals surface area contributed by atoms with Crippen molar-refractivity contribution in [2.45, 2.75) is 17.8 Å². The van der Waals surface area contributed by atoms with Gasteiger partial charge in [-0.3, -0.25) is 5.10 Å². The molecule has 0 aliphatic heterocycles. The molecule has 0 aliphatic carbocycles. The van der Waals surface area contributed by atoms with E-state index in [-0.39, 0.29) is 6.61 Å². The molecule has 2 rings (SSSR count). The lowest BCUT2D eigenvalue weighted by molar-refractivity contribution is 0.350. The second-order valence-electron chi connectivity index (χ2n) is 3.65. The van der Waals surface area contributed by atoms with E-state index in [9.17, 15) is 0 Å². The number of hydrogen-bond acceptors (Lipinski definition) is 4. The second kappa shape index (κ2) is 6.24. The van der Waals surface area contributed by atoms with Crippen molar-refractivity contribution in [1.82, 2.24) is 15.2 Å². The monoisotopic (exact) mass is 259 g/mol. The van der Waals surface area contributed by atoms with Crippen LogP contribution in [0.3, 0.4) is 0 Å². The molecule has 0 bridgehead atoms. The molecule has 0 atom stereocenters. The number of aromatic amines is 1. The number of benzene rings is 1. The molecule has 5 heteroatoms. The lowest BCUT2D eigenvalue weighted by atomic mass is 10.1. The summed E-state index contributed by atoms with van der Waals surface area (Å²) in [7, 11) is 0. The fourth-order valence-corrected chi connectivity index (χ4v) is 2.16. The quantitative estimate of drug-likeness (QED) is 0.651. The minimum absolute atomic E-state index is 0.109. The molecular weight excluding hydrogens is 246 g/mol. The molecule has 0 fully saturated rings. The number of nitrogens with zero attached hydrogens (tertiary/aromatic N) is 2. The third kappa shape index (κ3) is 3.62. The van der Waals surface area contributed by atoms with Crippen LogP contribution in [0.25, 0.3) is 0 Å². The van der Waals surface area contributed by atoms with Crippen molar-refractivity contribution in [3.63, 3.8) is 0 Å². The number of aromatic nitrogens is 3. The first-order chi connectivity index (χ1) is 8.78. The Morgan fingerprint density at radius 3 is 2.72 bits per heavy atom. The summed E-state index contributed by atoms with van der Waals surface area (Å²) in [6.07, 6.45) is 0. The van der Waals surface area contributed by atoms with Crippen LogP contribution in [0.2, 0.25) is 0 Å². The molecule has 92 valence electrons. The van der Waals surface area contributed by atoms with Crippen LogP contribution in [0.1, 0.15) is 17.0 Å². The highest BCUT2D eigenvalue weighted by atomic mass is 32.2.